The number of hydrazone groups is 1. The predicted octanol–water partition coefficient (Wildman–Crippen LogP) is 4.37. The summed E-state index contributed by atoms with van der Waals surface area (Å²) in [6, 6.07) is 1.65. The van der Waals surface area contributed by atoms with Crippen molar-refractivity contribution in [1.82, 2.24) is 4.98 Å². The molecule has 0 unspecified atom stereocenters. The average molecular weight is 272 g/mol. The van der Waals surface area contributed by atoms with Crippen molar-refractivity contribution in [2.45, 2.75) is 32.6 Å². The van der Waals surface area contributed by atoms with Crippen LogP contribution in [0.25, 0.3) is 0 Å². The molecule has 92 valence electrons. The van der Waals surface area contributed by atoms with Crippen molar-refractivity contribution in [3.8, 4) is 0 Å². The number of nitrogens with one attached hydrogen (secondary N) is 1. The van der Waals surface area contributed by atoms with Gasteiger partial charge in [0.05, 0.1) is 10.0 Å². The quantitative estimate of drug-likeness (QED) is 0.812. The van der Waals surface area contributed by atoms with E-state index in [1.54, 1.807) is 12.3 Å². The normalized spacial score (nSPS) is 20.2. The number of hydrogen-bond acceptors (Lipinski definition) is 3. The Bertz CT molecular complexity index is 422. The van der Waals surface area contributed by atoms with E-state index >= 15 is 0 Å². The smallest absolute Gasteiger partial charge is 0.165 e. The van der Waals surface area contributed by atoms with Crippen LogP contribution in [0.2, 0.25) is 10.0 Å². The zero-order valence-corrected chi connectivity index (χ0v) is 11.2. The van der Waals surface area contributed by atoms with Crippen LogP contribution < -0.4 is 5.43 Å². The van der Waals surface area contributed by atoms with Crippen LogP contribution >= 0.6 is 23.2 Å². The van der Waals surface area contributed by atoms with Crippen LogP contribution in [0.5, 0.6) is 0 Å². The van der Waals surface area contributed by atoms with E-state index in [0.29, 0.717) is 15.9 Å². The Balaban J connectivity index is 1.99. The SMILES string of the molecule is CC1CCC(=NNc2ncc(Cl)cc2Cl)CC1. The van der Waals surface area contributed by atoms with Crippen molar-refractivity contribution >= 4 is 34.7 Å². The van der Waals surface area contributed by atoms with Crippen LogP contribution in [-0.4, -0.2) is 10.7 Å². The molecule has 0 saturated heterocycles. The summed E-state index contributed by atoms with van der Waals surface area (Å²) in [4.78, 5) is 4.10. The third-order valence-corrected chi connectivity index (χ3v) is 3.47. The molecule has 1 fully saturated rings. The van der Waals surface area contributed by atoms with Gasteiger partial charge in [0, 0.05) is 11.9 Å². The molecular formula is C12H15Cl2N3. The van der Waals surface area contributed by atoms with E-state index in [0.717, 1.165) is 18.8 Å². The van der Waals surface area contributed by atoms with E-state index in [9.17, 15) is 0 Å². The molecule has 0 radical (unpaired) electrons. The Kier molecular flexibility index (Phi) is 4.24. The summed E-state index contributed by atoms with van der Waals surface area (Å²) < 4.78 is 0. The van der Waals surface area contributed by atoms with Gasteiger partial charge < -0.3 is 0 Å². The molecule has 2 rings (SSSR count). The Hall–Kier alpha value is -0.800. The van der Waals surface area contributed by atoms with E-state index < -0.39 is 0 Å². The maximum atomic E-state index is 5.99. The van der Waals surface area contributed by atoms with Crippen LogP contribution in [0, 0.1) is 5.92 Å². The zero-order valence-electron chi connectivity index (χ0n) is 9.71. The van der Waals surface area contributed by atoms with E-state index in [-0.39, 0.29) is 0 Å². The number of aromatic nitrogens is 1. The monoisotopic (exact) mass is 271 g/mol. The van der Waals surface area contributed by atoms with Gasteiger partial charge in [0.25, 0.3) is 0 Å². The Morgan fingerprint density at radius 2 is 2.06 bits per heavy atom. The number of hydrogen-bond donors (Lipinski definition) is 1. The molecular weight excluding hydrogens is 257 g/mol. The fourth-order valence-corrected chi connectivity index (χ4v) is 2.26. The Morgan fingerprint density at radius 3 is 2.71 bits per heavy atom. The largest absolute Gasteiger partial charge is 0.260 e. The van der Waals surface area contributed by atoms with Crippen LogP contribution in [0.4, 0.5) is 5.82 Å². The van der Waals surface area contributed by atoms with Crippen LogP contribution in [0.15, 0.2) is 17.4 Å². The summed E-state index contributed by atoms with van der Waals surface area (Å²) in [5, 5.41) is 5.37. The lowest BCUT2D eigenvalue weighted by Crippen LogP contribution is -2.13. The minimum Gasteiger partial charge on any atom is -0.260 e. The molecule has 1 aliphatic rings. The summed E-state index contributed by atoms with van der Waals surface area (Å²) in [5.41, 5.74) is 4.10. The molecule has 0 aliphatic heterocycles. The first-order valence-electron chi connectivity index (χ1n) is 5.77. The lowest BCUT2D eigenvalue weighted by atomic mass is 9.90. The maximum absolute atomic E-state index is 5.99. The van der Waals surface area contributed by atoms with Gasteiger partial charge in [-0.05, 0) is 37.7 Å². The van der Waals surface area contributed by atoms with Gasteiger partial charge in [-0.2, -0.15) is 5.10 Å². The van der Waals surface area contributed by atoms with Crippen LogP contribution in [0.3, 0.4) is 0 Å². The van der Waals surface area contributed by atoms with Crippen LogP contribution in [-0.2, 0) is 0 Å². The minimum atomic E-state index is 0.492. The van der Waals surface area contributed by atoms with Crippen LogP contribution in [0.1, 0.15) is 32.6 Å². The standard InChI is InChI=1S/C12H15Cl2N3/c1-8-2-4-10(5-3-8)16-17-12-11(14)6-9(13)7-15-12/h6-8H,2-5H2,1H3,(H,15,17). The topological polar surface area (TPSA) is 37.3 Å². The Labute approximate surface area is 111 Å². The Morgan fingerprint density at radius 1 is 1.35 bits per heavy atom. The van der Waals surface area contributed by atoms with Gasteiger partial charge in [-0.1, -0.05) is 30.1 Å². The summed E-state index contributed by atoms with van der Waals surface area (Å²) in [6.45, 7) is 2.28. The minimum absolute atomic E-state index is 0.492. The van der Waals surface area contributed by atoms with Gasteiger partial charge in [0.2, 0.25) is 0 Å². The van der Waals surface area contributed by atoms with Crippen molar-refractivity contribution in [3.63, 3.8) is 0 Å². The molecule has 1 aliphatic carbocycles. The van der Waals surface area contributed by atoms with Crippen molar-refractivity contribution in [3.05, 3.63) is 22.3 Å². The number of rotatable bonds is 2. The molecule has 3 nitrogen and oxygen atoms in total. The summed E-state index contributed by atoms with van der Waals surface area (Å²) in [5.74, 6) is 1.37. The molecule has 0 amide bonds. The fourth-order valence-electron chi connectivity index (χ4n) is 1.84. The zero-order chi connectivity index (χ0) is 12.3. The number of halogens is 2. The number of nitrogens with zero attached hydrogens (tertiary/aromatic N) is 2. The first-order chi connectivity index (χ1) is 8.15. The molecule has 17 heavy (non-hydrogen) atoms. The van der Waals surface area contributed by atoms with E-state index in [1.807, 2.05) is 0 Å². The molecule has 1 heterocycles. The molecule has 1 aromatic heterocycles. The lowest BCUT2D eigenvalue weighted by Gasteiger charge is -2.18. The average Bonchev–Trinajstić information content (AvgIpc) is 2.30. The molecule has 1 saturated carbocycles. The lowest BCUT2D eigenvalue weighted by molar-refractivity contribution is 0.483. The molecule has 0 spiro atoms. The predicted molar refractivity (Wildman–Crippen MR) is 72.9 cm³/mol. The van der Waals surface area contributed by atoms with Crippen molar-refractivity contribution in [2.24, 2.45) is 11.0 Å². The van der Waals surface area contributed by atoms with Gasteiger partial charge in [-0.15, -0.1) is 0 Å². The van der Waals surface area contributed by atoms with E-state index in [4.69, 9.17) is 23.2 Å². The second-order valence-electron chi connectivity index (χ2n) is 4.46. The van der Waals surface area contributed by atoms with Crippen molar-refractivity contribution < 1.29 is 0 Å². The van der Waals surface area contributed by atoms with Gasteiger partial charge in [-0.25, -0.2) is 4.98 Å². The molecule has 5 heteroatoms. The highest BCUT2D eigenvalue weighted by Gasteiger charge is 2.13. The van der Waals surface area contributed by atoms with Gasteiger partial charge >= 0.3 is 0 Å². The first kappa shape index (κ1) is 12.7. The summed E-state index contributed by atoms with van der Waals surface area (Å²) in [6.07, 6.45) is 6.09. The van der Waals surface area contributed by atoms with E-state index in [1.165, 1.54) is 18.6 Å². The molecule has 0 aromatic carbocycles. The number of anilines is 1. The van der Waals surface area contributed by atoms with Crippen molar-refractivity contribution in [2.75, 3.05) is 5.43 Å². The first-order valence-corrected chi connectivity index (χ1v) is 6.53. The molecule has 0 bridgehead atoms. The van der Waals surface area contributed by atoms with E-state index in [2.05, 4.69) is 22.4 Å². The second kappa shape index (κ2) is 5.69. The third-order valence-electron chi connectivity index (χ3n) is 2.98. The highest BCUT2D eigenvalue weighted by Crippen LogP contribution is 2.24. The summed E-state index contributed by atoms with van der Waals surface area (Å²) in [7, 11) is 0. The van der Waals surface area contributed by atoms with Gasteiger partial charge in [0.15, 0.2) is 5.82 Å². The molecule has 0 atom stereocenters. The second-order valence-corrected chi connectivity index (χ2v) is 5.30. The van der Waals surface area contributed by atoms with Gasteiger partial charge in [0.1, 0.15) is 0 Å². The maximum Gasteiger partial charge on any atom is 0.165 e. The molecule has 1 aromatic rings. The van der Waals surface area contributed by atoms with Crippen molar-refractivity contribution in [1.29, 1.82) is 0 Å². The third kappa shape index (κ3) is 3.58. The highest BCUT2D eigenvalue weighted by atomic mass is 35.5. The highest BCUT2D eigenvalue weighted by molar-refractivity contribution is 6.35. The molecule has 1 N–H and O–H groups in total. The fraction of sp³-hybridized carbons (Fsp3) is 0.500. The number of pyridine rings is 1. The summed E-state index contributed by atoms with van der Waals surface area (Å²) >= 11 is 11.8. The van der Waals surface area contributed by atoms with Gasteiger partial charge in [-0.3, -0.25) is 5.43 Å².